The van der Waals surface area contributed by atoms with Crippen molar-refractivity contribution in [2.75, 3.05) is 5.32 Å². The Morgan fingerprint density at radius 2 is 2.17 bits per heavy atom. The maximum atomic E-state index is 13.3. The number of anilines is 1. The Bertz CT molecular complexity index is 769. The second-order valence-electron chi connectivity index (χ2n) is 5.72. The molecule has 2 N–H and O–H groups in total. The first-order valence-electron chi connectivity index (χ1n) is 7.40. The molecule has 6 heteroatoms. The smallest absolute Gasteiger partial charge is 0.228 e. The lowest BCUT2D eigenvalue weighted by atomic mass is 9.89. The Labute approximate surface area is 132 Å². The first-order chi connectivity index (χ1) is 10.9. The summed E-state index contributed by atoms with van der Waals surface area (Å²) in [6, 6.07) is 7.37. The highest BCUT2D eigenvalue weighted by Crippen LogP contribution is 2.33. The van der Waals surface area contributed by atoms with E-state index in [9.17, 15) is 14.0 Å². The van der Waals surface area contributed by atoms with E-state index in [1.54, 1.807) is 6.07 Å². The number of hydrogen-bond donors (Lipinski definition) is 2. The van der Waals surface area contributed by atoms with Gasteiger partial charge < -0.3 is 15.1 Å². The van der Waals surface area contributed by atoms with Crippen LogP contribution in [0.5, 0.6) is 0 Å². The van der Waals surface area contributed by atoms with Gasteiger partial charge in [0.25, 0.3) is 0 Å². The van der Waals surface area contributed by atoms with Gasteiger partial charge in [-0.05, 0) is 43.7 Å². The van der Waals surface area contributed by atoms with Crippen LogP contribution in [0.1, 0.15) is 42.4 Å². The van der Waals surface area contributed by atoms with Gasteiger partial charge in [0.2, 0.25) is 11.8 Å². The number of carbonyl (C=O) groups excluding carboxylic acids is 2. The van der Waals surface area contributed by atoms with E-state index in [2.05, 4.69) is 10.6 Å². The minimum atomic E-state index is -0.641. The molecule has 2 amide bonds. The van der Waals surface area contributed by atoms with Crippen molar-refractivity contribution in [3.8, 4) is 0 Å². The Morgan fingerprint density at radius 3 is 2.87 bits per heavy atom. The maximum Gasteiger partial charge on any atom is 0.228 e. The molecule has 3 rings (SSSR count). The molecule has 0 spiro atoms. The van der Waals surface area contributed by atoms with Crippen molar-refractivity contribution in [1.82, 2.24) is 5.32 Å². The van der Waals surface area contributed by atoms with Crippen molar-refractivity contribution in [3.63, 3.8) is 0 Å². The number of carbonyl (C=O) groups is 2. The van der Waals surface area contributed by atoms with E-state index in [1.165, 1.54) is 18.2 Å². The third-order valence-electron chi connectivity index (χ3n) is 3.92. The monoisotopic (exact) mass is 316 g/mol. The van der Waals surface area contributed by atoms with Crippen molar-refractivity contribution in [3.05, 3.63) is 53.2 Å². The van der Waals surface area contributed by atoms with Crippen LogP contribution in [0.15, 0.2) is 34.7 Å². The molecule has 0 radical (unpaired) electrons. The number of rotatable bonds is 3. The zero-order chi connectivity index (χ0) is 16.6. The number of amides is 2. The molecular formula is C17H17FN2O3. The molecule has 2 aromatic rings. The van der Waals surface area contributed by atoms with Crippen LogP contribution < -0.4 is 10.6 Å². The lowest BCUT2D eigenvalue weighted by molar-refractivity contribution is -0.126. The van der Waals surface area contributed by atoms with Crippen LogP contribution in [0.25, 0.3) is 0 Å². The van der Waals surface area contributed by atoms with E-state index in [1.807, 2.05) is 19.9 Å². The molecule has 1 aliphatic heterocycles. The fourth-order valence-electron chi connectivity index (χ4n) is 2.74. The number of fused-ring (bicyclic) bond motifs is 1. The maximum absolute atomic E-state index is 13.3. The number of furan rings is 1. The first-order valence-corrected chi connectivity index (χ1v) is 7.40. The fourth-order valence-corrected chi connectivity index (χ4v) is 2.74. The highest BCUT2D eigenvalue weighted by atomic mass is 19.1. The van der Waals surface area contributed by atoms with E-state index in [0.29, 0.717) is 17.0 Å². The van der Waals surface area contributed by atoms with Crippen LogP contribution in [0.3, 0.4) is 0 Å². The number of halogens is 1. The summed E-state index contributed by atoms with van der Waals surface area (Å²) >= 11 is 0. The van der Waals surface area contributed by atoms with Crippen LogP contribution >= 0.6 is 0 Å². The standard InChI is InChI=1S/C17H17FN2O3/c1-9-3-6-15(23-9)10(2)19-17(22)13-8-16(21)20-14-7-11(18)4-5-12(13)14/h3-7,10,13H,8H2,1-2H3,(H,19,22)(H,20,21)/t10-,13+/m0/s1. The molecule has 5 nitrogen and oxygen atoms in total. The summed E-state index contributed by atoms with van der Waals surface area (Å²) in [5.41, 5.74) is 0.967. The van der Waals surface area contributed by atoms with Crippen molar-refractivity contribution >= 4 is 17.5 Å². The zero-order valence-electron chi connectivity index (χ0n) is 12.9. The number of aryl methyl sites for hydroxylation is 1. The predicted molar refractivity (Wildman–Crippen MR) is 82.4 cm³/mol. The topological polar surface area (TPSA) is 71.3 Å². The van der Waals surface area contributed by atoms with E-state index in [0.717, 1.165) is 5.76 Å². The molecule has 0 fully saturated rings. The summed E-state index contributed by atoms with van der Waals surface area (Å²) in [4.78, 5) is 24.3. The van der Waals surface area contributed by atoms with E-state index in [-0.39, 0.29) is 24.3 Å². The molecule has 0 aliphatic carbocycles. The number of benzene rings is 1. The van der Waals surface area contributed by atoms with Crippen LogP contribution in [-0.2, 0) is 9.59 Å². The minimum Gasteiger partial charge on any atom is -0.464 e. The van der Waals surface area contributed by atoms with Gasteiger partial charge in [0.15, 0.2) is 0 Å². The van der Waals surface area contributed by atoms with Crippen LogP contribution in [0.2, 0.25) is 0 Å². The Hall–Kier alpha value is -2.63. The molecule has 1 aromatic carbocycles. The van der Waals surface area contributed by atoms with Gasteiger partial charge in [-0.2, -0.15) is 0 Å². The Morgan fingerprint density at radius 1 is 1.39 bits per heavy atom. The van der Waals surface area contributed by atoms with Crippen LogP contribution in [0, 0.1) is 12.7 Å². The third kappa shape index (κ3) is 3.11. The van der Waals surface area contributed by atoms with Crippen LogP contribution in [-0.4, -0.2) is 11.8 Å². The number of hydrogen-bond acceptors (Lipinski definition) is 3. The van der Waals surface area contributed by atoms with Gasteiger partial charge in [0.05, 0.1) is 12.0 Å². The van der Waals surface area contributed by atoms with Gasteiger partial charge in [-0.25, -0.2) is 4.39 Å². The van der Waals surface area contributed by atoms with E-state index in [4.69, 9.17) is 4.42 Å². The molecule has 1 aromatic heterocycles. The van der Waals surface area contributed by atoms with E-state index >= 15 is 0 Å². The lowest BCUT2D eigenvalue weighted by Crippen LogP contribution is -2.36. The normalized spacial score (nSPS) is 18.0. The summed E-state index contributed by atoms with van der Waals surface area (Å²) < 4.78 is 18.8. The highest BCUT2D eigenvalue weighted by Gasteiger charge is 2.31. The molecule has 0 saturated heterocycles. The molecule has 0 bridgehead atoms. The average molecular weight is 316 g/mol. The molecule has 2 atom stereocenters. The predicted octanol–water partition coefficient (Wildman–Crippen LogP) is 3.03. The van der Waals surface area contributed by atoms with Gasteiger partial charge in [0, 0.05) is 12.1 Å². The van der Waals surface area contributed by atoms with Gasteiger partial charge in [-0.3, -0.25) is 9.59 Å². The number of nitrogens with one attached hydrogen (secondary N) is 2. The minimum absolute atomic E-state index is 0.0361. The molecular weight excluding hydrogens is 299 g/mol. The Balaban J connectivity index is 1.81. The lowest BCUT2D eigenvalue weighted by Gasteiger charge is -2.26. The van der Waals surface area contributed by atoms with Crippen molar-refractivity contribution < 1.29 is 18.4 Å². The second-order valence-corrected chi connectivity index (χ2v) is 5.72. The molecule has 2 heterocycles. The quantitative estimate of drug-likeness (QED) is 0.914. The van der Waals surface area contributed by atoms with Gasteiger partial charge in [-0.15, -0.1) is 0 Å². The van der Waals surface area contributed by atoms with Crippen molar-refractivity contribution in [2.45, 2.75) is 32.2 Å². The summed E-state index contributed by atoms with van der Waals surface area (Å²) in [7, 11) is 0. The molecule has 23 heavy (non-hydrogen) atoms. The van der Waals surface area contributed by atoms with Crippen molar-refractivity contribution in [2.24, 2.45) is 0 Å². The summed E-state index contributed by atoms with van der Waals surface area (Å²) in [5.74, 6) is -0.268. The highest BCUT2D eigenvalue weighted by molar-refractivity contribution is 6.01. The van der Waals surface area contributed by atoms with Gasteiger partial charge in [-0.1, -0.05) is 6.07 Å². The van der Waals surface area contributed by atoms with Crippen LogP contribution in [0.4, 0.5) is 10.1 Å². The third-order valence-corrected chi connectivity index (χ3v) is 3.92. The zero-order valence-corrected chi connectivity index (χ0v) is 12.9. The fraction of sp³-hybridized carbons (Fsp3) is 0.294. The summed E-state index contributed by atoms with van der Waals surface area (Å²) in [5, 5.41) is 5.45. The first kappa shape index (κ1) is 15.3. The van der Waals surface area contributed by atoms with Gasteiger partial charge in [0.1, 0.15) is 17.3 Å². The van der Waals surface area contributed by atoms with E-state index < -0.39 is 11.7 Å². The summed E-state index contributed by atoms with van der Waals surface area (Å²) in [6.45, 7) is 3.64. The van der Waals surface area contributed by atoms with Crippen molar-refractivity contribution in [1.29, 1.82) is 0 Å². The SMILES string of the molecule is Cc1ccc([C@H](C)NC(=O)[C@@H]2CC(=O)Nc3cc(F)ccc32)o1. The Kier molecular flexibility index (Phi) is 3.90. The second kappa shape index (κ2) is 5.87. The molecule has 1 aliphatic rings. The molecule has 120 valence electrons. The van der Waals surface area contributed by atoms with Gasteiger partial charge >= 0.3 is 0 Å². The summed E-state index contributed by atoms with van der Waals surface area (Å²) in [6.07, 6.45) is 0.0361. The average Bonchev–Trinajstić information content (AvgIpc) is 2.92. The molecule has 0 saturated carbocycles. The largest absolute Gasteiger partial charge is 0.464 e. The molecule has 0 unspecified atom stereocenters.